The standard InChI is InChI=1S/C13H24N2S/c1-3-11-8-9-16-13(14-11)15-12-6-4-10(2)5-7-12/h10-12H,3-9H2,1-2H3,(H,14,15). The fourth-order valence-corrected chi connectivity index (χ4v) is 3.57. The highest BCUT2D eigenvalue weighted by Gasteiger charge is 2.21. The first-order valence-electron chi connectivity index (χ1n) is 6.75. The normalized spacial score (nSPS) is 35.6. The predicted octanol–water partition coefficient (Wildman–Crippen LogP) is 3.43. The smallest absolute Gasteiger partial charge is 0.157 e. The number of amidine groups is 1. The van der Waals surface area contributed by atoms with Crippen LogP contribution in [-0.4, -0.2) is 23.0 Å². The van der Waals surface area contributed by atoms with Crippen LogP contribution in [0.15, 0.2) is 4.99 Å². The minimum absolute atomic E-state index is 0.575. The summed E-state index contributed by atoms with van der Waals surface area (Å²) in [7, 11) is 0. The molecule has 1 N–H and O–H groups in total. The van der Waals surface area contributed by atoms with E-state index >= 15 is 0 Å². The van der Waals surface area contributed by atoms with Crippen LogP contribution in [0.3, 0.4) is 0 Å². The van der Waals surface area contributed by atoms with Crippen LogP contribution >= 0.6 is 11.8 Å². The number of nitrogens with one attached hydrogen (secondary N) is 1. The monoisotopic (exact) mass is 240 g/mol. The molecule has 0 aromatic rings. The van der Waals surface area contributed by atoms with Gasteiger partial charge in [-0.1, -0.05) is 25.6 Å². The van der Waals surface area contributed by atoms with Crippen LogP contribution in [0, 0.1) is 5.92 Å². The summed E-state index contributed by atoms with van der Waals surface area (Å²) in [5.41, 5.74) is 0. The van der Waals surface area contributed by atoms with Crippen LogP contribution in [0.4, 0.5) is 0 Å². The summed E-state index contributed by atoms with van der Waals surface area (Å²) in [4.78, 5) is 4.78. The van der Waals surface area contributed by atoms with Crippen molar-refractivity contribution in [3.8, 4) is 0 Å². The molecule has 0 bridgehead atoms. The van der Waals surface area contributed by atoms with Crippen molar-refractivity contribution in [2.75, 3.05) is 5.75 Å². The van der Waals surface area contributed by atoms with E-state index in [0.717, 1.165) is 5.92 Å². The van der Waals surface area contributed by atoms with E-state index < -0.39 is 0 Å². The number of nitrogens with zero attached hydrogens (tertiary/aromatic N) is 1. The molecule has 1 atom stereocenters. The molecule has 2 aliphatic rings. The van der Waals surface area contributed by atoms with Gasteiger partial charge in [0.15, 0.2) is 5.17 Å². The minimum Gasteiger partial charge on any atom is -0.362 e. The maximum atomic E-state index is 4.78. The molecule has 3 heteroatoms. The van der Waals surface area contributed by atoms with Gasteiger partial charge in [0, 0.05) is 11.8 Å². The number of rotatable bonds is 2. The van der Waals surface area contributed by atoms with Crippen LogP contribution in [0.2, 0.25) is 0 Å². The maximum absolute atomic E-state index is 4.78. The van der Waals surface area contributed by atoms with E-state index in [9.17, 15) is 0 Å². The Morgan fingerprint density at radius 2 is 2.00 bits per heavy atom. The molecule has 2 nitrogen and oxygen atoms in total. The van der Waals surface area contributed by atoms with Crippen LogP contribution in [0.1, 0.15) is 52.4 Å². The number of hydrogen-bond acceptors (Lipinski definition) is 3. The quantitative estimate of drug-likeness (QED) is 0.799. The fraction of sp³-hybridized carbons (Fsp3) is 0.923. The van der Waals surface area contributed by atoms with Gasteiger partial charge in [0.05, 0.1) is 6.04 Å². The first-order valence-corrected chi connectivity index (χ1v) is 7.73. The molecule has 0 aromatic heterocycles. The van der Waals surface area contributed by atoms with Crippen molar-refractivity contribution >= 4 is 16.9 Å². The second kappa shape index (κ2) is 5.95. The Balaban J connectivity index is 1.82. The molecule has 16 heavy (non-hydrogen) atoms. The largest absolute Gasteiger partial charge is 0.362 e. The maximum Gasteiger partial charge on any atom is 0.157 e. The van der Waals surface area contributed by atoms with Crippen molar-refractivity contribution < 1.29 is 0 Å². The summed E-state index contributed by atoms with van der Waals surface area (Å²) in [5.74, 6) is 2.18. The predicted molar refractivity (Wildman–Crippen MR) is 73.1 cm³/mol. The van der Waals surface area contributed by atoms with Crippen molar-refractivity contribution in [3.05, 3.63) is 0 Å². The Morgan fingerprint density at radius 1 is 1.25 bits per heavy atom. The van der Waals surface area contributed by atoms with Gasteiger partial charge in [-0.15, -0.1) is 0 Å². The third-order valence-corrected chi connectivity index (χ3v) is 4.74. The summed E-state index contributed by atoms with van der Waals surface area (Å²) in [5, 5.41) is 4.88. The topological polar surface area (TPSA) is 24.4 Å². The number of thioether (sulfide) groups is 1. The molecule has 92 valence electrons. The van der Waals surface area contributed by atoms with E-state index in [4.69, 9.17) is 4.99 Å². The lowest BCUT2D eigenvalue weighted by atomic mass is 9.87. The van der Waals surface area contributed by atoms with Crippen LogP contribution in [0.25, 0.3) is 0 Å². The third kappa shape index (κ3) is 3.41. The van der Waals surface area contributed by atoms with Gasteiger partial charge < -0.3 is 5.32 Å². The lowest BCUT2D eigenvalue weighted by Gasteiger charge is -2.29. The molecule has 1 unspecified atom stereocenters. The van der Waals surface area contributed by atoms with Gasteiger partial charge >= 0.3 is 0 Å². The lowest BCUT2D eigenvalue weighted by Crippen LogP contribution is -2.37. The zero-order chi connectivity index (χ0) is 11.4. The summed E-state index contributed by atoms with van der Waals surface area (Å²) in [6, 6.07) is 1.27. The first-order chi connectivity index (χ1) is 7.78. The van der Waals surface area contributed by atoms with Crippen LogP contribution in [0.5, 0.6) is 0 Å². The van der Waals surface area contributed by atoms with E-state index in [-0.39, 0.29) is 0 Å². The second-order valence-electron chi connectivity index (χ2n) is 5.23. The van der Waals surface area contributed by atoms with Gasteiger partial charge in [-0.05, 0) is 44.4 Å². The van der Waals surface area contributed by atoms with Gasteiger partial charge in [-0.25, -0.2) is 0 Å². The van der Waals surface area contributed by atoms with Gasteiger partial charge in [0.1, 0.15) is 0 Å². The summed E-state index contributed by atoms with van der Waals surface area (Å²) >= 11 is 1.92. The molecule has 0 spiro atoms. The van der Waals surface area contributed by atoms with E-state index in [1.807, 2.05) is 11.8 Å². The summed E-state index contributed by atoms with van der Waals surface area (Å²) in [6.45, 7) is 4.61. The van der Waals surface area contributed by atoms with Crippen molar-refractivity contribution in [3.63, 3.8) is 0 Å². The Bertz CT molecular complexity index is 244. The third-order valence-electron chi connectivity index (χ3n) is 3.80. The molecule has 0 aromatic carbocycles. The molecule has 1 heterocycles. The van der Waals surface area contributed by atoms with Gasteiger partial charge in [0.25, 0.3) is 0 Å². The highest BCUT2D eigenvalue weighted by atomic mass is 32.2. The van der Waals surface area contributed by atoms with Crippen LogP contribution in [-0.2, 0) is 0 Å². The Labute approximate surface area is 104 Å². The van der Waals surface area contributed by atoms with Crippen molar-refractivity contribution in [1.29, 1.82) is 0 Å². The molecule has 1 saturated carbocycles. The SMILES string of the molecule is CCC1CCSC(NC2CCC(C)CC2)=N1. The average Bonchev–Trinajstić information content (AvgIpc) is 2.32. The molecule has 2 rings (SSSR count). The molecule has 0 saturated heterocycles. The Kier molecular flexibility index (Phi) is 4.56. The number of aliphatic imine (C=N–C) groups is 1. The highest BCUT2D eigenvalue weighted by Crippen LogP contribution is 2.25. The molecule has 0 amide bonds. The molecular weight excluding hydrogens is 216 g/mol. The van der Waals surface area contributed by atoms with E-state index in [2.05, 4.69) is 19.2 Å². The molecule has 1 aliphatic carbocycles. The van der Waals surface area contributed by atoms with E-state index in [0.29, 0.717) is 12.1 Å². The fourth-order valence-electron chi connectivity index (χ4n) is 2.51. The second-order valence-corrected chi connectivity index (χ2v) is 6.32. The zero-order valence-electron chi connectivity index (χ0n) is 10.5. The van der Waals surface area contributed by atoms with E-state index in [1.165, 1.54) is 49.4 Å². The van der Waals surface area contributed by atoms with Crippen molar-refractivity contribution in [2.45, 2.75) is 64.5 Å². The Morgan fingerprint density at radius 3 is 2.69 bits per heavy atom. The lowest BCUT2D eigenvalue weighted by molar-refractivity contribution is 0.331. The highest BCUT2D eigenvalue weighted by molar-refractivity contribution is 8.13. The van der Waals surface area contributed by atoms with Gasteiger partial charge in [0.2, 0.25) is 0 Å². The average molecular weight is 240 g/mol. The van der Waals surface area contributed by atoms with Crippen molar-refractivity contribution in [1.82, 2.24) is 5.32 Å². The van der Waals surface area contributed by atoms with Gasteiger partial charge in [-0.3, -0.25) is 4.99 Å². The molecular formula is C13H24N2S. The minimum atomic E-state index is 0.575. The summed E-state index contributed by atoms with van der Waals surface area (Å²) in [6.07, 6.45) is 7.87. The summed E-state index contributed by atoms with van der Waals surface area (Å²) < 4.78 is 0. The van der Waals surface area contributed by atoms with Crippen LogP contribution < -0.4 is 5.32 Å². The zero-order valence-corrected chi connectivity index (χ0v) is 11.4. The van der Waals surface area contributed by atoms with E-state index in [1.54, 1.807) is 0 Å². The van der Waals surface area contributed by atoms with Gasteiger partial charge in [-0.2, -0.15) is 0 Å². The molecule has 0 radical (unpaired) electrons. The first kappa shape index (κ1) is 12.3. The molecule has 1 fully saturated rings. The van der Waals surface area contributed by atoms with Crippen molar-refractivity contribution in [2.24, 2.45) is 10.9 Å². The Hall–Kier alpha value is -0.180. The molecule has 1 aliphatic heterocycles. The number of hydrogen-bond donors (Lipinski definition) is 1.